The van der Waals surface area contributed by atoms with Crippen molar-refractivity contribution < 1.29 is 13.5 Å². The van der Waals surface area contributed by atoms with E-state index in [1.807, 2.05) is 63.2 Å². The number of nitrogens with zero attached hydrogens (tertiary/aromatic N) is 1. The normalized spacial score (nSPS) is 12.8. The largest absolute Gasteiger partial charge is 0.390 e. The minimum atomic E-state index is -3.50. The number of aliphatic hydroxyl groups excluding tert-OH is 1. The highest BCUT2D eigenvalue weighted by Crippen LogP contribution is 2.28. The van der Waals surface area contributed by atoms with Crippen molar-refractivity contribution in [3.63, 3.8) is 0 Å². The molecule has 2 N–H and O–H groups in total. The Kier molecular flexibility index (Phi) is 6.81. The molecule has 2 aromatic rings. The van der Waals surface area contributed by atoms with Crippen LogP contribution in [0, 0.1) is 20.8 Å². The molecular weight excluding hydrogens is 348 g/mol. The third-order valence-electron chi connectivity index (χ3n) is 4.21. The molecule has 1 atom stereocenters. The fourth-order valence-corrected chi connectivity index (χ4v) is 4.26. The zero-order chi connectivity index (χ0) is 19.3. The summed E-state index contributed by atoms with van der Waals surface area (Å²) >= 11 is 0. The molecule has 0 aliphatic carbocycles. The van der Waals surface area contributed by atoms with Crippen LogP contribution >= 0.6 is 0 Å². The molecule has 0 radical (unpaired) electrons. The summed E-state index contributed by atoms with van der Waals surface area (Å²) in [5.74, 6) is 0. The summed E-state index contributed by atoms with van der Waals surface area (Å²) in [5, 5.41) is 13.6. The molecule has 0 spiro atoms. The zero-order valence-electron chi connectivity index (χ0n) is 15.9. The number of rotatable bonds is 8. The Morgan fingerprint density at radius 3 is 2.19 bits per heavy atom. The lowest BCUT2D eigenvalue weighted by Crippen LogP contribution is -2.41. The average molecular weight is 377 g/mol. The molecule has 0 bridgehead atoms. The number of anilines is 1. The number of sulfonamides is 1. The summed E-state index contributed by atoms with van der Waals surface area (Å²) < 4.78 is 26.0. The summed E-state index contributed by atoms with van der Waals surface area (Å²) in [6.07, 6.45) is 0.365. The topological polar surface area (TPSA) is 69.6 Å². The van der Waals surface area contributed by atoms with Gasteiger partial charge in [0.15, 0.2) is 0 Å². The maximum absolute atomic E-state index is 12.3. The van der Waals surface area contributed by atoms with E-state index in [1.165, 1.54) is 10.6 Å². The smallest absolute Gasteiger partial charge is 0.232 e. The van der Waals surface area contributed by atoms with Crippen LogP contribution in [0.3, 0.4) is 0 Å². The van der Waals surface area contributed by atoms with Gasteiger partial charge in [-0.1, -0.05) is 48.0 Å². The molecule has 26 heavy (non-hydrogen) atoms. The Morgan fingerprint density at radius 1 is 1.08 bits per heavy atom. The Morgan fingerprint density at radius 2 is 1.65 bits per heavy atom. The van der Waals surface area contributed by atoms with Gasteiger partial charge in [0.1, 0.15) is 0 Å². The monoisotopic (exact) mass is 376 g/mol. The molecule has 142 valence electrons. The first kappa shape index (κ1) is 20.4. The predicted octanol–water partition coefficient (Wildman–Crippen LogP) is 2.53. The van der Waals surface area contributed by atoms with Crippen LogP contribution in [0.4, 0.5) is 5.69 Å². The Labute approximate surface area is 156 Å². The Balaban J connectivity index is 2.09. The molecule has 0 heterocycles. The quantitative estimate of drug-likeness (QED) is 0.743. The SMILES string of the molecule is Cc1cc(C)c(N(C[C@H](O)CNCc2ccccc2)S(C)(=O)=O)c(C)c1. The molecule has 0 fully saturated rings. The second-order valence-corrected chi connectivity index (χ2v) is 8.72. The lowest BCUT2D eigenvalue weighted by Gasteiger charge is -2.28. The third kappa shape index (κ3) is 5.56. The minimum Gasteiger partial charge on any atom is -0.390 e. The molecule has 0 unspecified atom stereocenters. The van der Waals surface area contributed by atoms with Crippen LogP contribution in [-0.4, -0.2) is 39.0 Å². The first-order chi connectivity index (χ1) is 12.2. The molecule has 2 rings (SSSR count). The first-order valence-electron chi connectivity index (χ1n) is 8.66. The van der Waals surface area contributed by atoms with Crippen molar-refractivity contribution in [1.29, 1.82) is 0 Å². The average Bonchev–Trinajstić information content (AvgIpc) is 2.53. The van der Waals surface area contributed by atoms with E-state index in [2.05, 4.69) is 5.32 Å². The van der Waals surface area contributed by atoms with Gasteiger partial charge in [-0.2, -0.15) is 0 Å². The van der Waals surface area contributed by atoms with Crippen molar-refractivity contribution in [2.45, 2.75) is 33.4 Å². The summed E-state index contributed by atoms with van der Waals surface area (Å²) in [5.41, 5.74) is 4.63. The van der Waals surface area contributed by atoms with Gasteiger partial charge in [0.25, 0.3) is 0 Å². The molecule has 2 aromatic carbocycles. The predicted molar refractivity (Wildman–Crippen MR) is 107 cm³/mol. The molecule has 0 aliphatic heterocycles. The van der Waals surface area contributed by atoms with Gasteiger partial charge in [0, 0.05) is 13.1 Å². The lowest BCUT2D eigenvalue weighted by atomic mass is 10.0. The van der Waals surface area contributed by atoms with Crippen LogP contribution < -0.4 is 9.62 Å². The summed E-state index contributed by atoms with van der Waals surface area (Å²) in [7, 11) is -3.50. The third-order valence-corrected chi connectivity index (χ3v) is 5.35. The molecule has 0 amide bonds. The van der Waals surface area contributed by atoms with Crippen molar-refractivity contribution in [2.24, 2.45) is 0 Å². The molecule has 0 aliphatic rings. The molecular formula is C20H28N2O3S. The van der Waals surface area contributed by atoms with Crippen molar-refractivity contribution in [3.05, 3.63) is 64.7 Å². The zero-order valence-corrected chi connectivity index (χ0v) is 16.7. The maximum atomic E-state index is 12.3. The van der Waals surface area contributed by atoms with E-state index < -0.39 is 16.1 Å². The second-order valence-electron chi connectivity index (χ2n) is 6.81. The standard InChI is InChI=1S/C20H28N2O3S/c1-15-10-16(2)20(17(3)11-15)22(26(4,24)25)14-19(23)13-21-12-18-8-6-5-7-9-18/h5-11,19,21,23H,12-14H2,1-4H3/t19-/m1/s1. The van der Waals surface area contributed by atoms with Gasteiger partial charge in [-0.25, -0.2) is 8.42 Å². The number of aliphatic hydroxyl groups is 1. The van der Waals surface area contributed by atoms with E-state index >= 15 is 0 Å². The number of nitrogens with one attached hydrogen (secondary N) is 1. The number of aryl methyl sites for hydroxylation is 3. The van der Waals surface area contributed by atoms with E-state index in [9.17, 15) is 13.5 Å². The van der Waals surface area contributed by atoms with Crippen molar-refractivity contribution in [1.82, 2.24) is 5.32 Å². The maximum Gasteiger partial charge on any atom is 0.232 e. The van der Waals surface area contributed by atoms with Crippen LogP contribution in [0.25, 0.3) is 0 Å². The van der Waals surface area contributed by atoms with Crippen LogP contribution in [-0.2, 0) is 16.6 Å². The van der Waals surface area contributed by atoms with Crippen molar-refractivity contribution in [3.8, 4) is 0 Å². The fourth-order valence-electron chi connectivity index (χ4n) is 3.19. The van der Waals surface area contributed by atoms with Gasteiger partial charge < -0.3 is 10.4 Å². The van der Waals surface area contributed by atoms with E-state index in [0.29, 0.717) is 18.8 Å². The van der Waals surface area contributed by atoms with E-state index in [1.54, 1.807) is 0 Å². The Hall–Kier alpha value is -1.89. The van der Waals surface area contributed by atoms with Gasteiger partial charge in [-0.15, -0.1) is 0 Å². The summed E-state index contributed by atoms with van der Waals surface area (Å²) in [6, 6.07) is 13.8. The van der Waals surface area contributed by atoms with E-state index in [-0.39, 0.29) is 6.54 Å². The minimum absolute atomic E-state index is 0.0192. The van der Waals surface area contributed by atoms with Gasteiger partial charge in [-0.05, 0) is 37.5 Å². The van der Waals surface area contributed by atoms with Gasteiger partial charge in [-0.3, -0.25) is 4.31 Å². The second kappa shape index (κ2) is 8.66. The van der Waals surface area contributed by atoms with Crippen molar-refractivity contribution >= 4 is 15.7 Å². The number of benzene rings is 2. The molecule has 0 saturated heterocycles. The van der Waals surface area contributed by atoms with Crippen LogP contribution in [0.2, 0.25) is 0 Å². The number of hydrogen-bond donors (Lipinski definition) is 2. The molecule has 6 heteroatoms. The molecule has 0 saturated carbocycles. The van der Waals surface area contributed by atoms with Gasteiger partial charge >= 0.3 is 0 Å². The molecule has 5 nitrogen and oxygen atoms in total. The van der Waals surface area contributed by atoms with Crippen LogP contribution in [0.5, 0.6) is 0 Å². The van der Waals surface area contributed by atoms with Gasteiger partial charge in [0.2, 0.25) is 10.0 Å². The van der Waals surface area contributed by atoms with Crippen LogP contribution in [0.1, 0.15) is 22.3 Å². The Bertz CT molecular complexity index is 812. The highest BCUT2D eigenvalue weighted by Gasteiger charge is 2.24. The van der Waals surface area contributed by atoms with E-state index in [4.69, 9.17) is 0 Å². The van der Waals surface area contributed by atoms with Crippen LogP contribution in [0.15, 0.2) is 42.5 Å². The first-order valence-corrected chi connectivity index (χ1v) is 10.5. The summed E-state index contributed by atoms with van der Waals surface area (Å²) in [6.45, 7) is 6.73. The highest BCUT2D eigenvalue weighted by atomic mass is 32.2. The number of hydrogen-bond acceptors (Lipinski definition) is 4. The van der Waals surface area contributed by atoms with Crippen molar-refractivity contribution in [2.75, 3.05) is 23.7 Å². The van der Waals surface area contributed by atoms with Gasteiger partial charge in [0.05, 0.1) is 24.6 Å². The highest BCUT2D eigenvalue weighted by molar-refractivity contribution is 7.92. The lowest BCUT2D eigenvalue weighted by molar-refractivity contribution is 0.180. The summed E-state index contributed by atoms with van der Waals surface area (Å²) in [4.78, 5) is 0. The molecule has 0 aromatic heterocycles. The fraction of sp³-hybridized carbons (Fsp3) is 0.400. The van der Waals surface area contributed by atoms with E-state index in [0.717, 1.165) is 22.3 Å².